The minimum Gasteiger partial charge on any atom is -0.488 e. The topological polar surface area (TPSA) is 184 Å². The van der Waals surface area contributed by atoms with Gasteiger partial charge in [-0.2, -0.15) is 0 Å². The first-order valence-corrected chi connectivity index (χ1v) is 21.4. The molecule has 7 atom stereocenters. The Morgan fingerprint density at radius 2 is 1.48 bits per heavy atom. The van der Waals surface area contributed by atoms with Crippen molar-refractivity contribution < 1.29 is 33.4 Å². The molecule has 0 saturated carbocycles. The van der Waals surface area contributed by atoms with Gasteiger partial charge >= 0.3 is 12.2 Å². The number of H-pyrrole nitrogens is 2. The van der Waals surface area contributed by atoms with Crippen LogP contribution in [0.25, 0.3) is 44.2 Å². The quantitative estimate of drug-likeness (QED) is 0.109. The zero-order valence-electron chi connectivity index (χ0n) is 36.1. The number of amides is 4. The summed E-state index contributed by atoms with van der Waals surface area (Å²) in [7, 11) is 2.60. The number of nitrogens with zero attached hydrogens (tertiary/aromatic N) is 4. The summed E-state index contributed by atoms with van der Waals surface area (Å²) in [6, 6.07) is 12.7. The first-order chi connectivity index (χ1) is 29.3. The van der Waals surface area contributed by atoms with E-state index in [0.717, 1.165) is 93.4 Å². The predicted molar refractivity (Wildman–Crippen MR) is 230 cm³/mol. The van der Waals surface area contributed by atoms with Crippen molar-refractivity contribution in [2.75, 3.05) is 14.2 Å². The second-order valence-corrected chi connectivity index (χ2v) is 17.2. The fourth-order valence-corrected chi connectivity index (χ4v) is 9.42. The molecule has 3 aliphatic rings. The maximum absolute atomic E-state index is 14.1. The molecular formula is C46H56N8O7. The molecule has 5 heterocycles. The van der Waals surface area contributed by atoms with Crippen LogP contribution in [0.15, 0.2) is 48.7 Å². The molecule has 3 aliphatic heterocycles. The van der Waals surface area contributed by atoms with Gasteiger partial charge in [-0.3, -0.25) is 9.59 Å². The van der Waals surface area contributed by atoms with Crippen molar-refractivity contribution in [2.24, 2.45) is 11.8 Å². The van der Waals surface area contributed by atoms with Crippen molar-refractivity contribution in [3.05, 3.63) is 65.9 Å². The third-order valence-corrected chi connectivity index (χ3v) is 13.1. The number of fused-ring (bicyclic) bond motifs is 6. The first-order valence-electron chi connectivity index (χ1n) is 21.4. The summed E-state index contributed by atoms with van der Waals surface area (Å²) in [5, 5.41) is 7.48. The van der Waals surface area contributed by atoms with Gasteiger partial charge in [0.15, 0.2) is 0 Å². The summed E-state index contributed by atoms with van der Waals surface area (Å²) >= 11 is 0. The highest BCUT2D eigenvalue weighted by Crippen LogP contribution is 2.44. The molecule has 0 aliphatic carbocycles. The van der Waals surface area contributed by atoms with Gasteiger partial charge in [-0.25, -0.2) is 19.6 Å². The van der Waals surface area contributed by atoms with Crippen molar-refractivity contribution >= 4 is 45.8 Å². The van der Waals surface area contributed by atoms with E-state index >= 15 is 0 Å². The summed E-state index contributed by atoms with van der Waals surface area (Å²) in [4.78, 5) is 73.0. The van der Waals surface area contributed by atoms with Crippen molar-refractivity contribution in [1.29, 1.82) is 0 Å². The Bertz CT molecular complexity index is 2490. The van der Waals surface area contributed by atoms with E-state index in [0.29, 0.717) is 12.4 Å². The number of aromatic amines is 2. The number of benzene rings is 3. The predicted octanol–water partition coefficient (Wildman–Crippen LogP) is 7.92. The molecule has 2 aromatic heterocycles. The molecular weight excluding hydrogens is 777 g/mol. The molecule has 0 radical (unpaired) electrons. The lowest BCUT2D eigenvalue weighted by atomic mass is 9.92. The molecule has 8 rings (SSSR count). The van der Waals surface area contributed by atoms with Crippen LogP contribution < -0.4 is 15.4 Å². The minimum atomic E-state index is -0.718. The SMILES string of the molecule is CC[C@H](C)[C@H](NC(=O)OC)C(=O)N1[C@@H](C)CC[C@H]1c1nc2c(ccc3cc4c(cc32)OCc2cc(-c3cnc([C@@H]5CC[C@H](C)N5C(=O)C(NC(=O)OC)C(C)C)[nH]3)ccc2-4)[nH]1. The number of hydrogen-bond acceptors (Lipinski definition) is 9. The summed E-state index contributed by atoms with van der Waals surface area (Å²) in [6.45, 7) is 12.2. The van der Waals surface area contributed by atoms with Gasteiger partial charge in [0.05, 0.1) is 49.2 Å². The lowest BCUT2D eigenvalue weighted by molar-refractivity contribution is -0.138. The second-order valence-electron chi connectivity index (χ2n) is 17.2. The van der Waals surface area contributed by atoms with Crippen molar-refractivity contribution in [3.63, 3.8) is 0 Å². The number of ether oxygens (including phenoxy) is 3. The Labute approximate surface area is 355 Å². The van der Waals surface area contributed by atoms with Crippen LogP contribution in [0, 0.1) is 11.8 Å². The minimum absolute atomic E-state index is 0.0160. The normalized spacial score (nSPS) is 21.1. The van der Waals surface area contributed by atoms with Crippen LogP contribution in [-0.4, -0.2) is 92.1 Å². The van der Waals surface area contributed by atoms with E-state index in [4.69, 9.17) is 24.2 Å². The number of carbonyl (C=O) groups excluding carboxylic acids is 4. The maximum Gasteiger partial charge on any atom is 0.407 e. The van der Waals surface area contributed by atoms with Crippen molar-refractivity contribution in [1.82, 2.24) is 40.4 Å². The fourth-order valence-electron chi connectivity index (χ4n) is 9.42. The highest BCUT2D eigenvalue weighted by Gasteiger charge is 2.43. The third kappa shape index (κ3) is 7.63. The highest BCUT2D eigenvalue weighted by atomic mass is 16.5. The van der Waals surface area contributed by atoms with E-state index in [1.807, 2.05) is 63.6 Å². The van der Waals surface area contributed by atoms with Crippen LogP contribution in [0.5, 0.6) is 5.75 Å². The standard InChI is InChI=1S/C46H56N8O7/c1-9-24(4)39(52-46(58)60-8)44(56)54-26(6)11-17-36(54)42-48-33-15-13-27-19-32-30-14-12-28(18-29(30)22-61-37(32)20-31(27)40(33)50-42)34-21-47-41(49-34)35-16-10-25(5)53(35)43(55)38(23(2)3)51-45(57)59-7/h12-15,18-21,23-26,35-36,38-39H,9-11,16-17,22H2,1-8H3,(H,47,49)(H,48,50)(H,51,57)(H,52,58)/t24-,25-,26-,35-,36-,38?,39-/m0/s1. The molecule has 5 aromatic rings. The van der Waals surface area contributed by atoms with Crippen LogP contribution in [0.1, 0.15) is 103 Å². The lowest BCUT2D eigenvalue weighted by Crippen LogP contribution is -2.53. The van der Waals surface area contributed by atoms with E-state index in [2.05, 4.69) is 57.0 Å². The van der Waals surface area contributed by atoms with E-state index in [-0.39, 0.29) is 47.8 Å². The Morgan fingerprint density at radius 1 is 0.820 bits per heavy atom. The van der Waals surface area contributed by atoms with Gasteiger partial charge in [0.2, 0.25) is 11.8 Å². The molecule has 0 spiro atoms. The van der Waals surface area contributed by atoms with Gasteiger partial charge in [-0.05, 0) is 97.7 Å². The number of carbonyl (C=O) groups is 4. The number of alkyl carbamates (subject to hydrolysis) is 2. The van der Waals surface area contributed by atoms with Crippen LogP contribution in [0.4, 0.5) is 9.59 Å². The molecule has 15 nitrogen and oxygen atoms in total. The fraction of sp³-hybridized carbons (Fsp3) is 0.478. The first kappa shape index (κ1) is 41.6. The summed E-state index contributed by atoms with van der Waals surface area (Å²) in [5.41, 5.74) is 6.59. The zero-order chi connectivity index (χ0) is 43.3. The average Bonchev–Trinajstić information content (AvgIpc) is 4.08. The number of aromatic nitrogens is 4. The summed E-state index contributed by atoms with van der Waals surface area (Å²) in [6.07, 6.45) is 4.42. The number of imidazole rings is 2. The smallest absolute Gasteiger partial charge is 0.407 e. The van der Waals surface area contributed by atoms with Gasteiger partial charge in [-0.15, -0.1) is 0 Å². The van der Waals surface area contributed by atoms with Crippen molar-refractivity contribution in [2.45, 2.75) is 117 Å². The van der Waals surface area contributed by atoms with E-state index in [1.165, 1.54) is 14.2 Å². The molecule has 322 valence electrons. The molecule has 1 unspecified atom stereocenters. The number of rotatable bonds is 10. The van der Waals surface area contributed by atoms with Gasteiger partial charge in [0, 0.05) is 23.0 Å². The molecule has 3 aromatic carbocycles. The molecule has 0 bridgehead atoms. The lowest BCUT2D eigenvalue weighted by Gasteiger charge is -2.33. The highest BCUT2D eigenvalue weighted by molar-refractivity contribution is 6.07. The van der Waals surface area contributed by atoms with E-state index in [9.17, 15) is 19.2 Å². The molecule has 15 heteroatoms. The number of methoxy groups -OCH3 is 2. The Balaban J connectivity index is 1.05. The number of likely N-dealkylation sites (tertiary alicyclic amines) is 2. The molecule has 4 N–H and O–H groups in total. The Kier molecular flexibility index (Phi) is 11.4. The van der Waals surface area contributed by atoms with Crippen LogP contribution >= 0.6 is 0 Å². The summed E-state index contributed by atoms with van der Waals surface area (Å²) in [5.74, 6) is 1.70. The van der Waals surface area contributed by atoms with E-state index in [1.54, 1.807) is 0 Å². The molecule has 2 saturated heterocycles. The molecule has 61 heavy (non-hydrogen) atoms. The second kappa shape index (κ2) is 16.7. The number of hydrogen-bond donors (Lipinski definition) is 4. The van der Waals surface area contributed by atoms with Crippen LogP contribution in [0.3, 0.4) is 0 Å². The summed E-state index contributed by atoms with van der Waals surface area (Å²) < 4.78 is 16.1. The Morgan fingerprint density at radius 3 is 2.13 bits per heavy atom. The monoisotopic (exact) mass is 832 g/mol. The van der Waals surface area contributed by atoms with Gasteiger partial charge < -0.3 is 44.6 Å². The third-order valence-electron chi connectivity index (χ3n) is 13.1. The number of nitrogens with one attached hydrogen (secondary N) is 4. The molecule has 4 amide bonds. The van der Waals surface area contributed by atoms with Crippen LogP contribution in [0.2, 0.25) is 0 Å². The molecule has 2 fully saturated rings. The van der Waals surface area contributed by atoms with Crippen LogP contribution in [-0.2, 0) is 25.7 Å². The van der Waals surface area contributed by atoms with Gasteiger partial charge in [0.25, 0.3) is 0 Å². The van der Waals surface area contributed by atoms with Gasteiger partial charge in [0.1, 0.15) is 36.1 Å². The maximum atomic E-state index is 14.1. The largest absolute Gasteiger partial charge is 0.488 e. The van der Waals surface area contributed by atoms with Crippen molar-refractivity contribution in [3.8, 4) is 28.1 Å². The van der Waals surface area contributed by atoms with Gasteiger partial charge in [-0.1, -0.05) is 52.3 Å². The van der Waals surface area contributed by atoms with E-state index < -0.39 is 24.3 Å². The Hall–Kier alpha value is -6.12. The zero-order valence-corrected chi connectivity index (χ0v) is 36.1. The average molecular weight is 833 g/mol.